The molecule has 4 nitrogen and oxygen atoms in total. The molecule has 21 heavy (non-hydrogen) atoms. The van der Waals surface area contributed by atoms with Crippen molar-refractivity contribution in [2.75, 3.05) is 13.6 Å². The number of hydrogen-bond donors (Lipinski definition) is 1. The smallest absolute Gasteiger partial charge is 0.235 e. The van der Waals surface area contributed by atoms with Gasteiger partial charge in [-0.1, -0.05) is 29.8 Å². The Balaban J connectivity index is 1.88. The van der Waals surface area contributed by atoms with E-state index in [-0.39, 0.29) is 12.5 Å². The lowest BCUT2D eigenvalue weighted by Crippen LogP contribution is -2.49. The molecule has 0 aromatic heterocycles. The zero-order chi connectivity index (χ0) is 15.5. The van der Waals surface area contributed by atoms with Crippen LogP contribution < -0.4 is 5.32 Å². The van der Waals surface area contributed by atoms with Crippen molar-refractivity contribution >= 4 is 17.5 Å². The largest absolute Gasteiger partial charge is 0.337 e. The summed E-state index contributed by atoms with van der Waals surface area (Å²) in [4.78, 5) is 14.0. The van der Waals surface area contributed by atoms with Crippen LogP contribution in [-0.4, -0.2) is 29.9 Å². The van der Waals surface area contributed by atoms with Gasteiger partial charge in [0.2, 0.25) is 5.91 Å². The SMILES string of the molecule is CN(CC(=O)NC(C)(C#N)C1CC1)Cc1ccccc1Cl. The van der Waals surface area contributed by atoms with E-state index in [9.17, 15) is 10.1 Å². The van der Waals surface area contributed by atoms with Crippen LogP contribution in [0, 0.1) is 17.2 Å². The Labute approximate surface area is 130 Å². The lowest BCUT2D eigenvalue weighted by molar-refractivity contribution is -0.123. The highest BCUT2D eigenvalue weighted by Gasteiger charge is 2.42. The molecule has 112 valence electrons. The summed E-state index contributed by atoms with van der Waals surface area (Å²) >= 11 is 6.11. The number of nitriles is 1. The van der Waals surface area contributed by atoms with E-state index in [1.807, 2.05) is 36.2 Å². The normalized spacial score (nSPS) is 17.1. The number of carbonyl (C=O) groups is 1. The van der Waals surface area contributed by atoms with E-state index in [4.69, 9.17) is 11.6 Å². The molecular weight excluding hydrogens is 286 g/mol. The number of amides is 1. The van der Waals surface area contributed by atoms with Crippen LogP contribution >= 0.6 is 11.6 Å². The third-order valence-corrected chi connectivity index (χ3v) is 4.21. The molecule has 1 aromatic carbocycles. The standard InChI is InChI=1S/C16H20ClN3O/c1-16(11-18,13-7-8-13)19-15(21)10-20(2)9-12-5-3-4-6-14(12)17/h3-6,13H,7-10H2,1-2H3,(H,19,21). The summed E-state index contributed by atoms with van der Waals surface area (Å²) in [5, 5.41) is 12.8. The number of nitrogens with zero attached hydrogens (tertiary/aromatic N) is 2. The summed E-state index contributed by atoms with van der Waals surface area (Å²) < 4.78 is 0. The highest BCUT2D eigenvalue weighted by molar-refractivity contribution is 6.31. The van der Waals surface area contributed by atoms with Crippen LogP contribution in [0.1, 0.15) is 25.3 Å². The topological polar surface area (TPSA) is 56.1 Å². The summed E-state index contributed by atoms with van der Waals surface area (Å²) in [5.41, 5.74) is 0.252. The molecule has 1 aliphatic carbocycles. The molecule has 1 N–H and O–H groups in total. The van der Waals surface area contributed by atoms with Gasteiger partial charge in [-0.15, -0.1) is 0 Å². The number of hydrogen-bond acceptors (Lipinski definition) is 3. The van der Waals surface area contributed by atoms with Crippen LogP contribution in [0.25, 0.3) is 0 Å². The molecule has 1 atom stereocenters. The number of carbonyl (C=O) groups excluding carboxylic acids is 1. The van der Waals surface area contributed by atoms with E-state index in [1.54, 1.807) is 6.92 Å². The second-order valence-electron chi connectivity index (χ2n) is 5.90. The van der Waals surface area contributed by atoms with E-state index in [2.05, 4.69) is 11.4 Å². The van der Waals surface area contributed by atoms with Gasteiger partial charge in [-0.25, -0.2) is 0 Å². The number of nitrogens with one attached hydrogen (secondary N) is 1. The summed E-state index contributed by atoms with van der Waals surface area (Å²) in [5.74, 6) is 0.167. The van der Waals surface area contributed by atoms with Crippen molar-refractivity contribution in [1.29, 1.82) is 5.26 Å². The minimum atomic E-state index is -0.734. The first-order valence-electron chi connectivity index (χ1n) is 7.09. The van der Waals surface area contributed by atoms with Gasteiger partial charge in [-0.05, 0) is 44.4 Å². The van der Waals surface area contributed by atoms with Crippen LogP contribution in [0.3, 0.4) is 0 Å². The number of likely N-dealkylation sites (N-methyl/N-ethyl adjacent to an activating group) is 1. The van der Waals surface area contributed by atoms with Crippen LogP contribution in [-0.2, 0) is 11.3 Å². The third kappa shape index (κ3) is 4.20. The first-order valence-corrected chi connectivity index (χ1v) is 7.46. The maximum absolute atomic E-state index is 12.1. The average molecular weight is 306 g/mol. The van der Waals surface area contributed by atoms with Gasteiger partial charge in [0.05, 0.1) is 12.6 Å². The molecule has 1 aromatic rings. The first-order chi connectivity index (χ1) is 9.94. The molecule has 0 bridgehead atoms. The second-order valence-corrected chi connectivity index (χ2v) is 6.31. The Bertz CT molecular complexity index is 565. The maximum Gasteiger partial charge on any atom is 0.235 e. The molecule has 0 heterocycles. The van der Waals surface area contributed by atoms with E-state index in [0.29, 0.717) is 17.5 Å². The van der Waals surface area contributed by atoms with Crippen molar-refractivity contribution in [1.82, 2.24) is 10.2 Å². The summed E-state index contributed by atoms with van der Waals surface area (Å²) in [6, 6.07) is 9.82. The summed E-state index contributed by atoms with van der Waals surface area (Å²) in [6.07, 6.45) is 2.03. The predicted octanol–water partition coefficient (Wildman–Crippen LogP) is 2.58. The Morgan fingerprint density at radius 3 is 2.76 bits per heavy atom. The van der Waals surface area contributed by atoms with Gasteiger partial charge in [0.25, 0.3) is 0 Å². The minimum absolute atomic E-state index is 0.125. The Hall–Kier alpha value is -1.57. The minimum Gasteiger partial charge on any atom is -0.337 e. The van der Waals surface area contributed by atoms with Crippen LogP contribution in [0.2, 0.25) is 5.02 Å². The molecule has 2 rings (SSSR count). The highest BCUT2D eigenvalue weighted by atomic mass is 35.5. The number of benzene rings is 1. The van der Waals surface area contributed by atoms with Crippen molar-refractivity contribution in [3.05, 3.63) is 34.9 Å². The molecule has 1 saturated carbocycles. The lowest BCUT2D eigenvalue weighted by Gasteiger charge is -2.25. The third-order valence-electron chi connectivity index (χ3n) is 3.84. The zero-order valence-electron chi connectivity index (χ0n) is 12.4. The maximum atomic E-state index is 12.1. The van der Waals surface area contributed by atoms with Gasteiger partial charge in [0.15, 0.2) is 0 Å². The van der Waals surface area contributed by atoms with Gasteiger partial charge in [0, 0.05) is 11.6 Å². The van der Waals surface area contributed by atoms with Gasteiger partial charge >= 0.3 is 0 Å². The summed E-state index contributed by atoms with van der Waals surface area (Å²) in [7, 11) is 1.86. The highest BCUT2D eigenvalue weighted by Crippen LogP contribution is 2.39. The molecule has 1 unspecified atom stereocenters. The second kappa shape index (κ2) is 6.46. The van der Waals surface area contributed by atoms with Crippen LogP contribution in [0.15, 0.2) is 24.3 Å². The monoisotopic (exact) mass is 305 g/mol. The van der Waals surface area contributed by atoms with Crippen molar-refractivity contribution in [2.45, 2.75) is 31.8 Å². The molecule has 1 fully saturated rings. The van der Waals surface area contributed by atoms with Gasteiger partial charge in [0.1, 0.15) is 5.54 Å². The Morgan fingerprint density at radius 1 is 1.52 bits per heavy atom. The van der Waals surface area contributed by atoms with Crippen LogP contribution in [0.4, 0.5) is 0 Å². The molecule has 0 spiro atoms. The van der Waals surface area contributed by atoms with E-state index in [1.165, 1.54) is 0 Å². The van der Waals surface area contributed by atoms with Crippen molar-refractivity contribution in [3.8, 4) is 6.07 Å². The Kier molecular flexibility index (Phi) is 4.87. The summed E-state index contributed by atoms with van der Waals surface area (Å²) in [6.45, 7) is 2.64. The van der Waals surface area contributed by atoms with Gasteiger partial charge in [-0.2, -0.15) is 5.26 Å². The van der Waals surface area contributed by atoms with Crippen molar-refractivity contribution in [3.63, 3.8) is 0 Å². The molecule has 0 saturated heterocycles. The molecule has 5 heteroatoms. The fourth-order valence-corrected chi connectivity index (χ4v) is 2.63. The molecule has 1 aliphatic rings. The van der Waals surface area contributed by atoms with Gasteiger partial charge in [-0.3, -0.25) is 9.69 Å². The fraction of sp³-hybridized carbons (Fsp3) is 0.500. The quantitative estimate of drug-likeness (QED) is 0.879. The number of halogens is 1. The average Bonchev–Trinajstić information content (AvgIpc) is 3.25. The predicted molar refractivity (Wildman–Crippen MR) is 82.7 cm³/mol. The zero-order valence-corrected chi connectivity index (χ0v) is 13.2. The number of rotatable bonds is 6. The van der Waals surface area contributed by atoms with E-state index < -0.39 is 5.54 Å². The first kappa shape index (κ1) is 15.8. The lowest BCUT2D eigenvalue weighted by atomic mass is 9.98. The Morgan fingerprint density at radius 2 is 2.19 bits per heavy atom. The molecule has 0 aliphatic heterocycles. The van der Waals surface area contributed by atoms with E-state index in [0.717, 1.165) is 18.4 Å². The molecular formula is C16H20ClN3O. The van der Waals surface area contributed by atoms with Crippen LogP contribution in [0.5, 0.6) is 0 Å². The van der Waals surface area contributed by atoms with Crippen molar-refractivity contribution < 1.29 is 4.79 Å². The van der Waals surface area contributed by atoms with E-state index >= 15 is 0 Å². The fourth-order valence-electron chi connectivity index (χ4n) is 2.43. The molecule has 1 amide bonds. The molecule has 0 radical (unpaired) electrons. The van der Waals surface area contributed by atoms with Gasteiger partial charge < -0.3 is 5.32 Å². The van der Waals surface area contributed by atoms with Crippen molar-refractivity contribution in [2.24, 2.45) is 5.92 Å².